The fourth-order valence-electron chi connectivity index (χ4n) is 1.74. The molecule has 0 fully saturated rings. The Balaban J connectivity index is 0.000000383. The molecule has 2 aromatic rings. The van der Waals surface area contributed by atoms with Gasteiger partial charge in [-0.05, 0) is 23.9 Å². The molecule has 116 valence electrons. The Bertz CT molecular complexity index is 711. The second-order valence-corrected chi connectivity index (χ2v) is 5.79. The zero-order valence-electron chi connectivity index (χ0n) is 11.2. The summed E-state index contributed by atoms with van der Waals surface area (Å²) in [5, 5.41) is 21.4. The molecule has 0 atom stereocenters. The molecule has 0 amide bonds. The molecule has 0 aliphatic heterocycles. The van der Waals surface area contributed by atoms with Crippen molar-refractivity contribution in [3.8, 4) is 5.75 Å². The van der Waals surface area contributed by atoms with Gasteiger partial charge >= 0.3 is 0 Å². The monoisotopic (exact) mass is 334 g/mol. The average molecular weight is 334 g/mol. The Morgan fingerprint density at radius 2 is 1.90 bits per heavy atom. The van der Waals surface area contributed by atoms with Crippen LogP contribution in [0.4, 0.5) is 0 Å². The van der Waals surface area contributed by atoms with Gasteiger partial charge in [0, 0.05) is 29.8 Å². The summed E-state index contributed by atoms with van der Waals surface area (Å²) in [5.74, 6) is -0.150. The first-order valence-electron chi connectivity index (χ1n) is 5.52. The summed E-state index contributed by atoms with van der Waals surface area (Å²) in [6, 6.07) is 7.62. The number of rotatable bonds is 3. The van der Waals surface area contributed by atoms with Crippen LogP contribution in [0.5, 0.6) is 5.75 Å². The number of aromatic hydroxyl groups is 1. The van der Waals surface area contributed by atoms with Gasteiger partial charge in [-0.3, -0.25) is 4.55 Å². The minimum atomic E-state index is -4.29. The highest BCUT2D eigenvalue weighted by Crippen LogP contribution is 2.30. The van der Waals surface area contributed by atoms with Gasteiger partial charge in [0.15, 0.2) is 0 Å². The summed E-state index contributed by atoms with van der Waals surface area (Å²) in [6.45, 7) is 1.81. The highest BCUT2D eigenvalue weighted by atomic mass is 32.2. The van der Waals surface area contributed by atoms with Crippen LogP contribution in [0.25, 0.3) is 10.8 Å². The molecule has 2 rings (SSSR count). The molecule has 21 heavy (non-hydrogen) atoms. The molecule has 7 nitrogen and oxygen atoms in total. The van der Waals surface area contributed by atoms with Crippen LogP contribution in [0.15, 0.2) is 35.2 Å². The number of hydrogen-bond acceptors (Lipinski definition) is 7. The highest BCUT2D eigenvalue weighted by molar-refractivity contribution is 7.93. The molecule has 0 saturated carbocycles. The fourth-order valence-corrected chi connectivity index (χ4v) is 2.34. The summed E-state index contributed by atoms with van der Waals surface area (Å²) in [4.78, 5) is -0.303. The molecule has 0 bridgehead atoms. The van der Waals surface area contributed by atoms with E-state index in [1.54, 1.807) is 18.4 Å². The van der Waals surface area contributed by atoms with Crippen LogP contribution in [-0.4, -0.2) is 29.6 Å². The van der Waals surface area contributed by atoms with Crippen LogP contribution < -0.4 is 0 Å². The van der Waals surface area contributed by atoms with E-state index >= 15 is 0 Å². The molecule has 0 spiro atoms. The van der Waals surface area contributed by atoms with Crippen LogP contribution in [0, 0.1) is 6.92 Å². The molecule has 0 aromatic heterocycles. The number of hydrogen-bond donors (Lipinski definition) is 3. The summed E-state index contributed by atoms with van der Waals surface area (Å²) in [5.41, 5.74) is 0.844. The van der Waals surface area contributed by atoms with E-state index in [0.717, 1.165) is 23.7 Å². The van der Waals surface area contributed by atoms with Gasteiger partial charge in [0.05, 0.1) is 4.90 Å². The lowest BCUT2D eigenvalue weighted by atomic mass is 10.0. The van der Waals surface area contributed by atoms with Crippen LogP contribution in [0.1, 0.15) is 5.56 Å². The van der Waals surface area contributed by atoms with Crippen LogP contribution in [0.2, 0.25) is 0 Å². The third-order valence-electron chi connectivity index (χ3n) is 2.53. The van der Waals surface area contributed by atoms with Crippen LogP contribution >= 0.6 is 12.0 Å². The van der Waals surface area contributed by atoms with E-state index in [1.165, 1.54) is 6.07 Å². The maximum Gasteiger partial charge on any atom is 0.294 e. The molecule has 0 aliphatic carbocycles. The molecular weight excluding hydrogens is 320 g/mol. The summed E-state index contributed by atoms with van der Waals surface area (Å²) in [6.07, 6.45) is 1.62. The Hall–Kier alpha value is -1.36. The van der Waals surface area contributed by atoms with Crippen molar-refractivity contribution in [1.82, 2.24) is 0 Å². The number of benzene rings is 2. The zero-order valence-corrected chi connectivity index (χ0v) is 12.8. The predicted molar refractivity (Wildman–Crippen MR) is 78.5 cm³/mol. The molecule has 0 saturated heterocycles. The lowest BCUT2D eigenvalue weighted by molar-refractivity contribution is -0.432. The minimum Gasteiger partial charge on any atom is -0.507 e. The van der Waals surface area contributed by atoms with Crippen molar-refractivity contribution in [1.29, 1.82) is 0 Å². The molecular formula is C12H14O7S2. The van der Waals surface area contributed by atoms with Gasteiger partial charge in [0.2, 0.25) is 0 Å². The van der Waals surface area contributed by atoms with E-state index in [4.69, 9.17) is 9.81 Å². The maximum absolute atomic E-state index is 11.0. The van der Waals surface area contributed by atoms with Crippen molar-refractivity contribution in [2.75, 3.05) is 6.26 Å². The Morgan fingerprint density at radius 3 is 2.38 bits per heavy atom. The van der Waals surface area contributed by atoms with E-state index in [-0.39, 0.29) is 10.6 Å². The van der Waals surface area contributed by atoms with Crippen LogP contribution in [-0.2, 0) is 19.5 Å². The van der Waals surface area contributed by atoms with Crippen molar-refractivity contribution in [2.45, 2.75) is 11.8 Å². The third kappa shape index (κ3) is 4.84. The summed E-state index contributed by atoms with van der Waals surface area (Å²) < 4.78 is 34.6. The van der Waals surface area contributed by atoms with Gasteiger partial charge in [-0.25, -0.2) is 5.26 Å². The molecule has 2 aromatic carbocycles. The average Bonchev–Trinajstić information content (AvgIpc) is 2.39. The number of fused-ring (bicyclic) bond motifs is 1. The Morgan fingerprint density at radius 1 is 1.24 bits per heavy atom. The molecule has 0 unspecified atom stereocenters. The second kappa shape index (κ2) is 7.59. The fraction of sp³-hybridized carbons (Fsp3) is 0.167. The summed E-state index contributed by atoms with van der Waals surface area (Å²) >= 11 is 0.929. The predicted octanol–water partition coefficient (Wildman–Crippen LogP) is 2.79. The van der Waals surface area contributed by atoms with Crippen molar-refractivity contribution in [3.05, 3.63) is 35.9 Å². The van der Waals surface area contributed by atoms with E-state index in [1.807, 2.05) is 13.0 Å². The lowest BCUT2D eigenvalue weighted by Crippen LogP contribution is -1.98. The molecule has 9 heteroatoms. The molecule has 0 aliphatic rings. The van der Waals surface area contributed by atoms with Crippen molar-refractivity contribution in [2.24, 2.45) is 0 Å². The lowest BCUT2D eigenvalue weighted by Gasteiger charge is -2.06. The second-order valence-electron chi connectivity index (χ2n) is 3.90. The topological polar surface area (TPSA) is 113 Å². The first-order chi connectivity index (χ1) is 9.81. The largest absolute Gasteiger partial charge is 0.507 e. The van der Waals surface area contributed by atoms with E-state index in [9.17, 15) is 13.5 Å². The Kier molecular flexibility index (Phi) is 6.40. The first kappa shape index (κ1) is 17.7. The smallest absolute Gasteiger partial charge is 0.294 e. The van der Waals surface area contributed by atoms with Crippen LogP contribution in [0.3, 0.4) is 0 Å². The van der Waals surface area contributed by atoms with Gasteiger partial charge in [0.1, 0.15) is 5.75 Å². The highest BCUT2D eigenvalue weighted by Gasteiger charge is 2.13. The van der Waals surface area contributed by atoms with E-state index < -0.39 is 10.1 Å². The van der Waals surface area contributed by atoms with Gasteiger partial charge in [-0.2, -0.15) is 8.42 Å². The normalized spacial score (nSPS) is 11.0. The third-order valence-corrected chi connectivity index (χ3v) is 3.56. The maximum atomic E-state index is 11.0. The van der Waals surface area contributed by atoms with Crippen molar-refractivity contribution in [3.63, 3.8) is 0 Å². The van der Waals surface area contributed by atoms with Gasteiger partial charge in [0.25, 0.3) is 10.1 Å². The number of phenols is 1. The SMILES string of the molecule is CSOOO.Cc1cccc2cc(S(=O)(=O)O)cc(O)c12. The van der Waals surface area contributed by atoms with Gasteiger partial charge in [-0.1, -0.05) is 23.2 Å². The van der Waals surface area contributed by atoms with E-state index in [2.05, 4.69) is 9.37 Å². The van der Waals surface area contributed by atoms with Gasteiger partial charge < -0.3 is 5.11 Å². The van der Waals surface area contributed by atoms with Gasteiger partial charge in [-0.15, -0.1) is 4.33 Å². The van der Waals surface area contributed by atoms with E-state index in [0.29, 0.717) is 10.8 Å². The zero-order chi connectivity index (χ0) is 16.0. The quantitative estimate of drug-likeness (QED) is 0.340. The van der Waals surface area contributed by atoms with Crippen molar-refractivity contribution >= 4 is 32.9 Å². The first-order valence-corrected chi connectivity index (χ1v) is 8.11. The van der Waals surface area contributed by atoms with Crippen molar-refractivity contribution < 1.29 is 32.7 Å². The molecule has 0 radical (unpaired) electrons. The standard InChI is InChI=1S/C11H10O4S.CH4O3S/c1-7-3-2-4-8-5-9(16(13,14)15)6-10(12)11(7)8;1-5-4-3-2/h2-6,12H,1H3,(H,13,14,15);2H,1H3. The number of aryl methyl sites for hydroxylation is 1. The molecule has 3 N–H and O–H groups in total. The summed E-state index contributed by atoms with van der Waals surface area (Å²) in [7, 11) is -4.29. The minimum absolute atomic E-state index is 0.150. The molecule has 0 heterocycles. The Labute approximate surface area is 125 Å². The number of phenolic OH excluding ortho intramolecular Hbond substituents is 1.